The van der Waals surface area contributed by atoms with Crippen LogP contribution in [-0.2, 0) is 0 Å². The zero-order valence-electron chi connectivity index (χ0n) is 11.7. The third-order valence-electron chi connectivity index (χ3n) is 3.96. The summed E-state index contributed by atoms with van der Waals surface area (Å²) in [5.41, 5.74) is -0.798. The molecule has 0 aromatic heterocycles. The predicted octanol–water partition coefficient (Wildman–Crippen LogP) is 1.48. The number of hydrogen-bond acceptors (Lipinski definition) is 3. The minimum Gasteiger partial charge on any atom is -0.393 e. The third kappa shape index (κ3) is 2.95. The number of aliphatic hydroxyl groups excluding tert-OH is 2. The fraction of sp³-hybridized carbons (Fsp3) is 0.733. The maximum atomic E-state index is 10.8. The topological polar surface area (TPSA) is 60.7 Å². The Bertz CT molecular complexity index is 386. The van der Waals surface area contributed by atoms with Crippen LogP contribution < -0.4 is 0 Å². The first-order valence-electron chi connectivity index (χ1n) is 6.44. The lowest BCUT2D eigenvalue weighted by molar-refractivity contribution is -0.121. The summed E-state index contributed by atoms with van der Waals surface area (Å²) in [5.74, 6) is 5.79. The second-order valence-corrected chi connectivity index (χ2v) is 5.96. The number of hydrogen-bond donors (Lipinski definition) is 3. The van der Waals surface area contributed by atoms with Gasteiger partial charge in [0.25, 0.3) is 0 Å². The molecule has 3 unspecified atom stereocenters. The lowest BCUT2D eigenvalue weighted by Gasteiger charge is -2.48. The lowest BCUT2D eigenvalue weighted by Crippen LogP contribution is -2.54. The Balaban J connectivity index is 3.05. The average molecular weight is 252 g/mol. The van der Waals surface area contributed by atoms with E-state index in [1.54, 1.807) is 6.08 Å². The van der Waals surface area contributed by atoms with Crippen molar-refractivity contribution in [3.8, 4) is 11.8 Å². The normalized spacial score (nSPS) is 35.8. The molecular formula is C15H24O3. The highest BCUT2D eigenvalue weighted by molar-refractivity contribution is 5.33. The lowest BCUT2D eigenvalue weighted by atomic mass is 9.60. The Morgan fingerprint density at radius 1 is 1.44 bits per heavy atom. The van der Waals surface area contributed by atoms with Gasteiger partial charge in [-0.3, -0.25) is 0 Å². The molecule has 102 valence electrons. The quantitative estimate of drug-likeness (QED) is 0.619. The van der Waals surface area contributed by atoms with Crippen LogP contribution in [0.25, 0.3) is 0 Å². The van der Waals surface area contributed by atoms with Crippen molar-refractivity contribution < 1.29 is 15.3 Å². The standard InChI is InChI=1S/C15H24O3/c1-11(6-8-16)5-7-15(18)12(2)9-13(17)10-14(15,3)4/h6,12-13,16-18H,8-10H2,1-4H3/b11-6-. The molecule has 0 aromatic rings. The van der Waals surface area contributed by atoms with E-state index >= 15 is 0 Å². The molecular weight excluding hydrogens is 228 g/mol. The van der Waals surface area contributed by atoms with Crippen molar-refractivity contribution in [2.24, 2.45) is 11.3 Å². The zero-order valence-corrected chi connectivity index (χ0v) is 11.7. The first kappa shape index (κ1) is 15.2. The number of rotatable bonds is 1. The van der Waals surface area contributed by atoms with Crippen molar-refractivity contribution in [2.45, 2.75) is 52.2 Å². The van der Waals surface area contributed by atoms with Crippen LogP contribution in [0.3, 0.4) is 0 Å². The monoisotopic (exact) mass is 252 g/mol. The molecule has 0 bridgehead atoms. The molecule has 3 heteroatoms. The molecule has 0 amide bonds. The number of allylic oxidation sites excluding steroid dienone is 1. The van der Waals surface area contributed by atoms with Crippen LogP contribution in [0.2, 0.25) is 0 Å². The zero-order chi connectivity index (χ0) is 14.0. The maximum Gasteiger partial charge on any atom is 0.133 e. The van der Waals surface area contributed by atoms with E-state index in [9.17, 15) is 10.2 Å². The van der Waals surface area contributed by atoms with Crippen LogP contribution in [0.15, 0.2) is 11.6 Å². The van der Waals surface area contributed by atoms with E-state index in [0.29, 0.717) is 12.8 Å². The summed E-state index contributed by atoms with van der Waals surface area (Å²) in [6, 6.07) is 0. The molecule has 0 saturated heterocycles. The van der Waals surface area contributed by atoms with Crippen molar-refractivity contribution in [2.75, 3.05) is 6.61 Å². The van der Waals surface area contributed by atoms with E-state index in [0.717, 1.165) is 5.57 Å². The second-order valence-electron chi connectivity index (χ2n) is 5.96. The van der Waals surface area contributed by atoms with Crippen molar-refractivity contribution in [1.29, 1.82) is 0 Å². The molecule has 0 aliphatic heterocycles. The molecule has 1 aliphatic carbocycles. The fourth-order valence-corrected chi connectivity index (χ4v) is 2.75. The molecule has 3 N–H and O–H groups in total. The van der Waals surface area contributed by atoms with Crippen LogP contribution in [-0.4, -0.2) is 33.6 Å². The van der Waals surface area contributed by atoms with Crippen LogP contribution in [0.4, 0.5) is 0 Å². The second kappa shape index (κ2) is 5.44. The third-order valence-corrected chi connectivity index (χ3v) is 3.96. The van der Waals surface area contributed by atoms with Crippen LogP contribution in [0.1, 0.15) is 40.5 Å². The molecule has 1 rings (SSSR count). The van der Waals surface area contributed by atoms with Crippen molar-refractivity contribution in [3.63, 3.8) is 0 Å². The molecule has 3 atom stereocenters. The first-order chi connectivity index (χ1) is 8.23. The summed E-state index contributed by atoms with van der Waals surface area (Å²) in [4.78, 5) is 0. The van der Waals surface area contributed by atoms with Gasteiger partial charge in [0.05, 0.1) is 12.7 Å². The molecule has 1 aliphatic rings. The van der Waals surface area contributed by atoms with Gasteiger partial charge in [0, 0.05) is 5.41 Å². The molecule has 18 heavy (non-hydrogen) atoms. The van der Waals surface area contributed by atoms with E-state index in [-0.39, 0.29) is 18.6 Å². The van der Waals surface area contributed by atoms with E-state index in [4.69, 9.17) is 5.11 Å². The van der Waals surface area contributed by atoms with Gasteiger partial charge in [-0.15, -0.1) is 0 Å². The Morgan fingerprint density at radius 2 is 2.06 bits per heavy atom. The van der Waals surface area contributed by atoms with Gasteiger partial charge in [-0.1, -0.05) is 32.6 Å². The minimum atomic E-state index is -1.10. The van der Waals surface area contributed by atoms with E-state index in [1.807, 2.05) is 27.7 Å². The average Bonchev–Trinajstić information content (AvgIpc) is 2.23. The maximum absolute atomic E-state index is 10.8. The summed E-state index contributed by atoms with van der Waals surface area (Å²) < 4.78 is 0. The Morgan fingerprint density at radius 3 is 2.56 bits per heavy atom. The fourth-order valence-electron chi connectivity index (χ4n) is 2.75. The molecule has 1 fully saturated rings. The summed E-state index contributed by atoms with van der Waals surface area (Å²) in [6.45, 7) is 7.56. The summed E-state index contributed by atoms with van der Waals surface area (Å²) in [5, 5.41) is 29.4. The van der Waals surface area contributed by atoms with Gasteiger partial charge in [0.15, 0.2) is 0 Å². The van der Waals surface area contributed by atoms with Gasteiger partial charge < -0.3 is 15.3 Å². The first-order valence-corrected chi connectivity index (χ1v) is 6.44. The largest absolute Gasteiger partial charge is 0.393 e. The van der Waals surface area contributed by atoms with Crippen molar-refractivity contribution in [3.05, 3.63) is 11.6 Å². The van der Waals surface area contributed by atoms with E-state index in [1.165, 1.54) is 0 Å². The van der Waals surface area contributed by atoms with Crippen LogP contribution in [0, 0.1) is 23.2 Å². The highest BCUT2D eigenvalue weighted by atomic mass is 16.3. The summed E-state index contributed by atoms with van der Waals surface area (Å²) in [7, 11) is 0. The van der Waals surface area contributed by atoms with E-state index < -0.39 is 11.0 Å². The van der Waals surface area contributed by atoms with Gasteiger partial charge in [-0.25, -0.2) is 0 Å². The predicted molar refractivity (Wildman–Crippen MR) is 71.8 cm³/mol. The molecule has 0 heterocycles. The van der Waals surface area contributed by atoms with Crippen LogP contribution >= 0.6 is 0 Å². The minimum absolute atomic E-state index is 0.0450. The van der Waals surface area contributed by atoms with E-state index in [2.05, 4.69) is 11.8 Å². The van der Waals surface area contributed by atoms with Gasteiger partial charge in [0.2, 0.25) is 0 Å². The summed E-state index contributed by atoms with van der Waals surface area (Å²) >= 11 is 0. The Kier molecular flexibility index (Phi) is 4.61. The molecule has 0 spiro atoms. The Hall–Kier alpha value is -0.820. The van der Waals surface area contributed by atoms with Gasteiger partial charge in [-0.2, -0.15) is 0 Å². The Labute approximate surface area is 110 Å². The number of aliphatic hydroxyl groups is 3. The van der Waals surface area contributed by atoms with Crippen molar-refractivity contribution >= 4 is 0 Å². The molecule has 1 saturated carbocycles. The highest BCUT2D eigenvalue weighted by Gasteiger charge is 2.51. The summed E-state index contributed by atoms with van der Waals surface area (Å²) in [6.07, 6.45) is 2.36. The molecule has 0 radical (unpaired) electrons. The van der Waals surface area contributed by atoms with Gasteiger partial charge in [0.1, 0.15) is 5.60 Å². The van der Waals surface area contributed by atoms with Gasteiger partial charge >= 0.3 is 0 Å². The van der Waals surface area contributed by atoms with Crippen molar-refractivity contribution in [1.82, 2.24) is 0 Å². The molecule has 3 nitrogen and oxygen atoms in total. The molecule has 0 aromatic carbocycles. The SMILES string of the molecule is C/C(C#CC1(O)C(C)CC(O)CC1(C)C)=C/CO. The highest BCUT2D eigenvalue weighted by Crippen LogP contribution is 2.46. The van der Waals surface area contributed by atoms with Crippen LogP contribution in [0.5, 0.6) is 0 Å². The van der Waals surface area contributed by atoms with Gasteiger partial charge in [-0.05, 0) is 37.3 Å². The smallest absolute Gasteiger partial charge is 0.133 e.